The maximum absolute atomic E-state index is 12.7. The van der Waals surface area contributed by atoms with Gasteiger partial charge in [0.25, 0.3) is 5.91 Å². The number of pyridine rings is 1. The number of amides is 1. The van der Waals surface area contributed by atoms with Gasteiger partial charge in [-0.3, -0.25) is 9.78 Å². The first-order valence-corrected chi connectivity index (χ1v) is 7.46. The highest BCUT2D eigenvalue weighted by Crippen LogP contribution is 2.23. The minimum atomic E-state index is -0.128. The van der Waals surface area contributed by atoms with E-state index < -0.39 is 0 Å². The number of carbonyl (C=O) groups excluding carboxylic acids is 1. The molecule has 2 heterocycles. The molecule has 0 spiro atoms. The molecule has 0 saturated heterocycles. The molecule has 0 radical (unpaired) electrons. The van der Waals surface area contributed by atoms with Crippen LogP contribution < -0.4 is 5.32 Å². The van der Waals surface area contributed by atoms with Crippen LogP contribution >= 0.6 is 0 Å². The van der Waals surface area contributed by atoms with E-state index in [4.69, 9.17) is 0 Å². The summed E-state index contributed by atoms with van der Waals surface area (Å²) in [5.41, 5.74) is 4.10. The Bertz CT molecular complexity index is 1030. The number of nitrogens with zero attached hydrogens (tertiary/aromatic N) is 1. The smallest absolute Gasteiger partial charge is 0.258 e. The summed E-state index contributed by atoms with van der Waals surface area (Å²) in [5.74, 6) is -0.128. The highest BCUT2D eigenvalue weighted by molar-refractivity contribution is 6.14. The number of rotatable bonds is 2. The highest BCUT2D eigenvalue weighted by atomic mass is 16.1. The number of para-hydroxylation sites is 2. The van der Waals surface area contributed by atoms with Crippen LogP contribution in [0.25, 0.3) is 21.8 Å². The van der Waals surface area contributed by atoms with Crippen LogP contribution in [0.4, 0.5) is 5.69 Å². The SMILES string of the molecule is Cc1[nH]c2ccccc2c1C(=O)Nc1cnc2ccccc2c1. The zero-order valence-electron chi connectivity index (χ0n) is 12.6. The summed E-state index contributed by atoms with van der Waals surface area (Å²) < 4.78 is 0. The van der Waals surface area contributed by atoms with E-state index in [1.807, 2.05) is 61.5 Å². The molecule has 0 bridgehead atoms. The Kier molecular flexibility index (Phi) is 3.08. The standard InChI is InChI=1S/C19H15N3O/c1-12-18(15-7-3-5-9-17(15)21-12)19(23)22-14-10-13-6-2-4-8-16(13)20-11-14/h2-11,21H,1H3,(H,22,23). The molecule has 4 aromatic rings. The molecule has 0 unspecified atom stereocenters. The Balaban J connectivity index is 1.72. The Labute approximate surface area is 133 Å². The van der Waals surface area contributed by atoms with Gasteiger partial charge in [-0.05, 0) is 25.1 Å². The molecule has 0 aliphatic carbocycles. The van der Waals surface area contributed by atoms with Crippen molar-refractivity contribution in [2.45, 2.75) is 6.92 Å². The number of aryl methyl sites for hydroxylation is 1. The molecule has 0 fully saturated rings. The van der Waals surface area contributed by atoms with Crippen LogP contribution in [0.15, 0.2) is 60.8 Å². The lowest BCUT2D eigenvalue weighted by molar-refractivity contribution is 0.102. The average Bonchev–Trinajstić information content (AvgIpc) is 2.90. The van der Waals surface area contributed by atoms with Crippen molar-refractivity contribution < 1.29 is 4.79 Å². The third-order valence-electron chi connectivity index (χ3n) is 3.97. The molecule has 0 saturated carbocycles. The van der Waals surface area contributed by atoms with E-state index in [0.717, 1.165) is 27.5 Å². The summed E-state index contributed by atoms with van der Waals surface area (Å²) in [5, 5.41) is 4.88. The fourth-order valence-corrected chi connectivity index (χ4v) is 2.90. The van der Waals surface area contributed by atoms with E-state index in [9.17, 15) is 4.79 Å². The first-order chi connectivity index (χ1) is 11.2. The van der Waals surface area contributed by atoms with Gasteiger partial charge in [0.15, 0.2) is 0 Å². The van der Waals surface area contributed by atoms with Crippen LogP contribution in [0.1, 0.15) is 16.1 Å². The third-order valence-corrected chi connectivity index (χ3v) is 3.97. The maximum Gasteiger partial charge on any atom is 0.258 e. The second-order valence-corrected chi connectivity index (χ2v) is 5.54. The van der Waals surface area contributed by atoms with E-state index in [2.05, 4.69) is 15.3 Å². The van der Waals surface area contributed by atoms with Gasteiger partial charge in [0.2, 0.25) is 0 Å². The van der Waals surface area contributed by atoms with E-state index in [-0.39, 0.29) is 5.91 Å². The van der Waals surface area contributed by atoms with Crippen LogP contribution in [0, 0.1) is 6.92 Å². The van der Waals surface area contributed by atoms with Gasteiger partial charge in [0, 0.05) is 22.0 Å². The van der Waals surface area contributed by atoms with Crippen molar-refractivity contribution in [1.82, 2.24) is 9.97 Å². The number of H-pyrrole nitrogens is 1. The molecular formula is C19H15N3O. The number of aromatic amines is 1. The van der Waals surface area contributed by atoms with Crippen molar-refractivity contribution in [3.8, 4) is 0 Å². The van der Waals surface area contributed by atoms with E-state index in [1.165, 1.54) is 0 Å². The van der Waals surface area contributed by atoms with Gasteiger partial charge in [0.1, 0.15) is 0 Å². The maximum atomic E-state index is 12.7. The highest BCUT2D eigenvalue weighted by Gasteiger charge is 2.16. The van der Waals surface area contributed by atoms with Crippen molar-refractivity contribution in [1.29, 1.82) is 0 Å². The predicted octanol–water partition coefficient (Wildman–Crippen LogP) is 4.28. The Morgan fingerprint density at radius 3 is 2.78 bits per heavy atom. The van der Waals surface area contributed by atoms with Crippen LogP contribution in [0.2, 0.25) is 0 Å². The summed E-state index contributed by atoms with van der Waals surface area (Å²) in [7, 11) is 0. The minimum absolute atomic E-state index is 0.128. The van der Waals surface area contributed by atoms with Gasteiger partial charge in [-0.25, -0.2) is 0 Å². The Morgan fingerprint density at radius 1 is 1.09 bits per heavy atom. The number of aromatic nitrogens is 2. The topological polar surface area (TPSA) is 57.8 Å². The first kappa shape index (κ1) is 13.5. The Morgan fingerprint density at radius 2 is 1.87 bits per heavy atom. The monoisotopic (exact) mass is 301 g/mol. The lowest BCUT2D eigenvalue weighted by Gasteiger charge is -2.06. The summed E-state index contributed by atoms with van der Waals surface area (Å²) in [6, 6.07) is 17.6. The summed E-state index contributed by atoms with van der Waals surface area (Å²) in [4.78, 5) is 20.3. The van der Waals surface area contributed by atoms with Crippen molar-refractivity contribution in [3.63, 3.8) is 0 Å². The van der Waals surface area contributed by atoms with E-state index in [0.29, 0.717) is 11.3 Å². The van der Waals surface area contributed by atoms with Gasteiger partial charge >= 0.3 is 0 Å². The Hall–Kier alpha value is -3.14. The molecule has 0 atom stereocenters. The zero-order chi connectivity index (χ0) is 15.8. The molecule has 4 rings (SSSR count). The van der Waals surface area contributed by atoms with E-state index in [1.54, 1.807) is 6.20 Å². The van der Waals surface area contributed by atoms with Gasteiger partial charge in [-0.2, -0.15) is 0 Å². The van der Waals surface area contributed by atoms with Crippen LogP contribution in [0.5, 0.6) is 0 Å². The zero-order valence-corrected chi connectivity index (χ0v) is 12.6. The fraction of sp³-hybridized carbons (Fsp3) is 0.0526. The number of hydrogen-bond acceptors (Lipinski definition) is 2. The quantitative estimate of drug-likeness (QED) is 0.580. The van der Waals surface area contributed by atoms with Crippen LogP contribution in [0.3, 0.4) is 0 Å². The fourth-order valence-electron chi connectivity index (χ4n) is 2.90. The molecule has 4 nitrogen and oxygen atoms in total. The molecule has 23 heavy (non-hydrogen) atoms. The summed E-state index contributed by atoms with van der Waals surface area (Å²) >= 11 is 0. The summed E-state index contributed by atoms with van der Waals surface area (Å²) in [6.07, 6.45) is 1.68. The lowest BCUT2D eigenvalue weighted by atomic mass is 10.1. The second kappa shape index (κ2) is 5.25. The molecule has 2 aromatic carbocycles. The lowest BCUT2D eigenvalue weighted by Crippen LogP contribution is -2.12. The number of fused-ring (bicyclic) bond motifs is 2. The number of carbonyl (C=O) groups is 1. The number of anilines is 1. The van der Waals surface area contributed by atoms with Crippen LogP contribution in [-0.4, -0.2) is 15.9 Å². The van der Waals surface area contributed by atoms with Gasteiger partial charge in [0.05, 0.1) is 23.0 Å². The molecule has 4 heteroatoms. The van der Waals surface area contributed by atoms with Gasteiger partial charge in [-0.15, -0.1) is 0 Å². The van der Waals surface area contributed by atoms with Gasteiger partial charge < -0.3 is 10.3 Å². The first-order valence-electron chi connectivity index (χ1n) is 7.46. The average molecular weight is 301 g/mol. The molecule has 112 valence electrons. The molecule has 0 aliphatic heterocycles. The number of nitrogens with one attached hydrogen (secondary N) is 2. The normalized spacial score (nSPS) is 11.0. The predicted molar refractivity (Wildman–Crippen MR) is 92.7 cm³/mol. The third kappa shape index (κ3) is 2.34. The molecule has 2 N–H and O–H groups in total. The van der Waals surface area contributed by atoms with Crippen molar-refractivity contribution >= 4 is 33.4 Å². The molecule has 2 aromatic heterocycles. The molecular weight excluding hydrogens is 286 g/mol. The molecule has 0 aliphatic rings. The van der Waals surface area contributed by atoms with Crippen molar-refractivity contribution in [2.75, 3.05) is 5.32 Å². The minimum Gasteiger partial charge on any atom is -0.358 e. The van der Waals surface area contributed by atoms with Gasteiger partial charge in [-0.1, -0.05) is 36.4 Å². The number of hydrogen-bond donors (Lipinski definition) is 2. The summed E-state index contributed by atoms with van der Waals surface area (Å²) in [6.45, 7) is 1.91. The van der Waals surface area contributed by atoms with Crippen molar-refractivity contribution in [3.05, 3.63) is 72.1 Å². The van der Waals surface area contributed by atoms with Crippen LogP contribution in [-0.2, 0) is 0 Å². The second-order valence-electron chi connectivity index (χ2n) is 5.54. The molecule has 1 amide bonds. The van der Waals surface area contributed by atoms with E-state index >= 15 is 0 Å². The largest absolute Gasteiger partial charge is 0.358 e. The number of benzene rings is 2. The van der Waals surface area contributed by atoms with Crippen molar-refractivity contribution in [2.24, 2.45) is 0 Å².